The minimum atomic E-state index is -0.672. The first kappa shape index (κ1) is 13.3. The number of phenols is 1. The molecular formula is C13H17NO3. The molecule has 0 fully saturated rings. The van der Waals surface area contributed by atoms with Gasteiger partial charge in [-0.1, -0.05) is 24.3 Å². The van der Waals surface area contributed by atoms with E-state index in [-0.39, 0.29) is 5.75 Å². The third-order valence-corrected chi connectivity index (χ3v) is 2.24. The second-order valence-corrected chi connectivity index (χ2v) is 3.44. The molecule has 0 saturated carbocycles. The number of para-hydroxylation sites is 1. The summed E-state index contributed by atoms with van der Waals surface area (Å²) >= 11 is 0. The van der Waals surface area contributed by atoms with Gasteiger partial charge in [0.2, 0.25) is 0 Å². The summed E-state index contributed by atoms with van der Waals surface area (Å²) in [7, 11) is 0. The molecule has 0 aromatic heterocycles. The van der Waals surface area contributed by atoms with Crippen molar-refractivity contribution < 1.29 is 14.6 Å². The van der Waals surface area contributed by atoms with Crippen molar-refractivity contribution in [3.05, 3.63) is 42.5 Å². The van der Waals surface area contributed by atoms with E-state index in [9.17, 15) is 9.90 Å². The fourth-order valence-electron chi connectivity index (χ4n) is 1.48. The lowest BCUT2D eigenvalue weighted by Gasteiger charge is -2.17. The second kappa shape index (κ2) is 6.70. The van der Waals surface area contributed by atoms with Crippen LogP contribution in [0, 0.1) is 0 Å². The third kappa shape index (κ3) is 3.60. The predicted molar refractivity (Wildman–Crippen MR) is 65.7 cm³/mol. The fraction of sp³-hybridized carbons (Fsp3) is 0.308. The standard InChI is InChI=1S/C13H17NO3/c1-3-9-14-12(13(16)17-4-2)10-7-5-6-8-11(10)15/h3,5-8,12,14-15H,1,4,9H2,2H3. The molecule has 0 bridgehead atoms. The van der Waals surface area contributed by atoms with Gasteiger partial charge in [-0.25, -0.2) is 4.79 Å². The molecule has 2 N–H and O–H groups in total. The van der Waals surface area contributed by atoms with Crippen molar-refractivity contribution in [1.82, 2.24) is 5.32 Å². The molecule has 0 radical (unpaired) electrons. The number of hydrogen-bond donors (Lipinski definition) is 2. The molecule has 0 aliphatic heterocycles. The topological polar surface area (TPSA) is 58.6 Å². The van der Waals surface area contributed by atoms with Crippen molar-refractivity contribution in [2.45, 2.75) is 13.0 Å². The number of carbonyl (C=O) groups excluding carboxylic acids is 1. The summed E-state index contributed by atoms with van der Waals surface area (Å²) in [6, 6.07) is 6.02. The maximum atomic E-state index is 11.8. The zero-order valence-corrected chi connectivity index (χ0v) is 9.85. The molecule has 4 heteroatoms. The molecule has 1 aromatic rings. The SMILES string of the molecule is C=CCNC(C(=O)OCC)c1ccccc1O. The Labute approximate surface area is 101 Å². The average molecular weight is 235 g/mol. The molecule has 0 spiro atoms. The summed E-state index contributed by atoms with van der Waals surface area (Å²) in [5.74, 6) is -0.335. The lowest BCUT2D eigenvalue weighted by Crippen LogP contribution is -2.30. The number of esters is 1. The molecule has 1 unspecified atom stereocenters. The van der Waals surface area contributed by atoms with Crippen LogP contribution >= 0.6 is 0 Å². The Hall–Kier alpha value is -1.81. The highest BCUT2D eigenvalue weighted by Crippen LogP contribution is 2.24. The van der Waals surface area contributed by atoms with E-state index in [1.54, 1.807) is 31.2 Å². The summed E-state index contributed by atoms with van der Waals surface area (Å²) < 4.78 is 4.96. The van der Waals surface area contributed by atoms with Gasteiger partial charge in [0.05, 0.1) is 6.61 Å². The van der Waals surface area contributed by atoms with Crippen LogP contribution in [0.15, 0.2) is 36.9 Å². The third-order valence-electron chi connectivity index (χ3n) is 2.24. The van der Waals surface area contributed by atoms with Crippen LogP contribution in [-0.2, 0) is 9.53 Å². The van der Waals surface area contributed by atoms with E-state index >= 15 is 0 Å². The van der Waals surface area contributed by atoms with Crippen molar-refractivity contribution in [3.8, 4) is 5.75 Å². The van der Waals surface area contributed by atoms with Gasteiger partial charge in [0.25, 0.3) is 0 Å². The Morgan fingerprint density at radius 1 is 1.59 bits per heavy atom. The van der Waals surface area contributed by atoms with E-state index in [0.29, 0.717) is 18.7 Å². The Balaban J connectivity index is 2.93. The van der Waals surface area contributed by atoms with Gasteiger partial charge in [-0.15, -0.1) is 6.58 Å². The molecule has 0 aliphatic rings. The predicted octanol–water partition coefficient (Wildman–Crippen LogP) is 1.77. The maximum absolute atomic E-state index is 11.8. The van der Waals surface area contributed by atoms with Crippen molar-refractivity contribution in [2.75, 3.05) is 13.2 Å². The van der Waals surface area contributed by atoms with Crippen LogP contribution < -0.4 is 5.32 Å². The zero-order chi connectivity index (χ0) is 12.7. The summed E-state index contributed by atoms with van der Waals surface area (Å²) in [6.45, 7) is 6.08. The lowest BCUT2D eigenvalue weighted by molar-refractivity contribution is -0.145. The van der Waals surface area contributed by atoms with Crippen molar-refractivity contribution in [3.63, 3.8) is 0 Å². The van der Waals surface area contributed by atoms with E-state index in [1.807, 2.05) is 0 Å². The van der Waals surface area contributed by atoms with Gasteiger partial charge < -0.3 is 9.84 Å². The molecule has 0 saturated heterocycles. The molecule has 1 aromatic carbocycles. The van der Waals surface area contributed by atoms with E-state index in [4.69, 9.17) is 4.74 Å². The minimum Gasteiger partial charge on any atom is -0.508 e. The Morgan fingerprint density at radius 2 is 2.29 bits per heavy atom. The maximum Gasteiger partial charge on any atom is 0.327 e. The molecule has 0 amide bonds. The van der Waals surface area contributed by atoms with Crippen LogP contribution in [0.2, 0.25) is 0 Å². The highest BCUT2D eigenvalue weighted by molar-refractivity contribution is 5.78. The van der Waals surface area contributed by atoms with Crippen molar-refractivity contribution >= 4 is 5.97 Å². The highest BCUT2D eigenvalue weighted by Gasteiger charge is 2.23. The lowest BCUT2D eigenvalue weighted by atomic mass is 10.1. The van der Waals surface area contributed by atoms with Gasteiger partial charge in [0.1, 0.15) is 11.8 Å². The highest BCUT2D eigenvalue weighted by atomic mass is 16.5. The molecule has 4 nitrogen and oxygen atoms in total. The number of phenolic OH excluding ortho intramolecular Hbond substituents is 1. The normalized spacial score (nSPS) is 11.8. The number of nitrogens with one attached hydrogen (secondary N) is 1. The first-order valence-corrected chi connectivity index (χ1v) is 5.49. The monoisotopic (exact) mass is 235 g/mol. The number of ether oxygens (including phenoxy) is 1. The smallest absolute Gasteiger partial charge is 0.327 e. The van der Waals surface area contributed by atoms with E-state index in [2.05, 4.69) is 11.9 Å². The average Bonchev–Trinajstić information content (AvgIpc) is 2.32. The molecule has 1 rings (SSSR count). The zero-order valence-electron chi connectivity index (χ0n) is 9.85. The number of benzene rings is 1. The van der Waals surface area contributed by atoms with E-state index in [1.165, 1.54) is 6.07 Å². The number of hydrogen-bond acceptors (Lipinski definition) is 4. The summed E-state index contributed by atoms with van der Waals surface area (Å²) in [6.07, 6.45) is 1.65. The molecule has 0 heterocycles. The minimum absolute atomic E-state index is 0.0714. The quantitative estimate of drug-likeness (QED) is 0.583. The van der Waals surface area contributed by atoms with Gasteiger partial charge in [-0.3, -0.25) is 5.32 Å². The van der Waals surface area contributed by atoms with Crippen molar-refractivity contribution in [2.24, 2.45) is 0 Å². The van der Waals surface area contributed by atoms with Gasteiger partial charge in [0.15, 0.2) is 0 Å². The van der Waals surface area contributed by atoms with Crippen LogP contribution in [0.4, 0.5) is 0 Å². The van der Waals surface area contributed by atoms with E-state index < -0.39 is 12.0 Å². The van der Waals surface area contributed by atoms with Gasteiger partial charge in [0, 0.05) is 12.1 Å². The molecular weight excluding hydrogens is 218 g/mol. The van der Waals surface area contributed by atoms with Crippen molar-refractivity contribution in [1.29, 1.82) is 0 Å². The number of carbonyl (C=O) groups is 1. The van der Waals surface area contributed by atoms with E-state index in [0.717, 1.165) is 0 Å². The Bertz CT molecular complexity index is 390. The van der Waals surface area contributed by atoms with Crippen LogP contribution in [0.3, 0.4) is 0 Å². The number of aromatic hydroxyl groups is 1. The largest absolute Gasteiger partial charge is 0.508 e. The first-order chi connectivity index (χ1) is 8.20. The number of rotatable bonds is 6. The van der Waals surface area contributed by atoms with Gasteiger partial charge in [-0.05, 0) is 13.0 Å². The Morgan fingerprint density at radius 3 is 2.88 bits per heavy atom. The molecule has 1 atom stereocenters. The van der Waals surface area contributed by atoms with Gasteiger partial charge in [-0.2, -0.15) is 0 Å². The van der Waals surface area contributed by atoms with Crippen LogP contribution in [0.1, 0.15) is 18.5 Å². The molecule has 0 aliphatic carbocycles. The Kier molecular flexibility index (Phi) is 5.23. The second-order valence-electron chi connectivity index (χ2n) is 3.44. The fourth-order valence-corrected chi connectivity index (χ4v) is 1.48. The molecule has 92 valence electrons. The summed E-state index contributed by atoms with van der Waals surface area (Å²) in [5, 5.41) is 12.7. The van der Waals surface area contributed by atoms with Crippen LogP contribution in [0.5, 0.6) is 5.75 Å². The van der Waals surface area contributed by atoms with Crippen LogP contribution in [-0.4, -0.2) is 24.2 Å². The summed E-state index contributed by atoms with van der Waals surface area (Å²) in [4.78, 5) is 11.8. The molecule has 17 heavy (non-hydrogen) atoms. The summed E-state index contributed by atoms with van der Waals surface area (Å²) in [5.41, 5.74) is 0.507. The van der Waals surface area contributed by atoms with Gasteiger partial charge >= 0.3 is 5.97 Å². The van der Waals surface area contributed by atoms with Crippen LogP contribution in [0.25, 0.3) is 0 Å². The first-order valence-electron chi connectivity index (χ1n) is 5.49.